The molecule has 2 N–H and O–H groups in total. The van der Waals surface area contributed by atoms with Gasteiger partial charge in [0.1, 0.15) is 0 Å². The van der Waals surface area contributed by atoms with Crippen molar-refractivity contribution in [1.29, 1.82) is 0 Å². The topological polar surface area (TPSA) is 70.7 Å². The summed E-state index contributed by atoms with van der Waals surface area (Å²) in [7, 11) is 0. The van der Waals surface area contributed by atoms with Crippen LogP contribution in [0.2, 0.25) is 0 Å². The van der Waals surface area contributed by atoms with Gasteiger partial charge in [-0.05, 0) is 38.8 Å². The molecule has 0 radical (unpaired) electrons. The average Bonchev–Trinajstić information content (AvgIpc) is 2.85. The van der Waals surface area contributed by atoms with E-state index in [9.17, 15) is 9.59 Å². The van der Waals surface area contributed by atoms with E-state index in [2.05, 4.69) is 10.6 Å². The van der Waals surface area contributed by atoms with Crippen LogP contribution >= 0.6 is 0 Å². The van der Waals surface area contributed by atoms with Gasteiger partial charge in [-0.15, -0.1) is 0 Å². The predicted molar refractivity (Wildman–Crippen MR) is 75.3 cm³/mol. The van der Waals surface area contributed by atoms with E-state index in [0.717, 1.165) is 38.8 Å². The normalized spacial score (nSPS) is 20.4. The van der Waals surface area contributed by atoms with Crippen molar-refractivity contribution >= 4 is 11.8 Å². The van der Waals surface area contributed by atoms with E-state index in [4.69, 9.17) is 4.74 Å². The third-order valence-electron chi connectivity index (χ3n) is 3.79. The number of piperidine rings is 1. The van der Waals surface area contributed by atoms with Gasteiger partial charge in [-0.3, -0.25) is 9.59 Å². The molecular weight excluding hydrogens is 258 g/mol. The first-order valence-corrected chi connectivity index (χ1v) is 7.62. The molecule has 0 saturated carbocycles. The minimum absolute atomic E-state index is 0.0675. The Morgan fingerprint density at radius 2 is 2.20 bits per heavy atom. The first-order valence-electron chi connectivity index (χ1n) is 7.62. The third kappa shape index (κ3) is 5.09. The zero-order valence-corrected chi connectivity index (χ0v) is 12.0. The summed E-state index contributed by atoms with van der Waals surface area (Å²) < 4.78 is 5.76. The van der Waals surface area contributed by atoms with Gasteiger partial charge in [0, 0.05) is 26.1 Å². The number of amides is 2. The highest BCUT2D eigenvalue weighted by molar-refractivity contribution is 5.85. The van der Waals surface area contributed by atoms with Gasteiger partial charge in [0.2, 0.25) is 11.8 Å². The van der Waals surface area contributed by atoms with Crippen molar-refractivity contribution in [3.8, 4) is 0 Å². The fourth-order valence-corrected chi connectivity index (χ4v) is 2.61. The Bertz CT molecular complexity index is 330. The second-order valence-corrected chi connectivity index (χ2v) is 5.44. The Balaban J connectivity index is 1.47. The summed E-state index contributed by atoms with van der Waals surface area (Å²) in [6, 6.07) is 0. The number of ether oxygens (including phenoxy) is 1. The number of hydrogen-bond donors (Lipinski definition) is 2. The van der Waals surface area contributed by atoms with Crippen LogP contribution < -0.4 is 10.6 Å². The molecule has 114 valence electrons. The Morgan fingerprint density at radius 1 is 1.40 bits per heavy atom. The molecule has 2 aliphatic heterocycles. The van der Waals surface area contributed by atoms with E-state index in [-0.39, 0.29) is 18.4 Å². The van der Waals surface area contributed by atoms with Crippen molar-refractivity contribution in [2.75, 3.05) is 39.3 Å². The highest BCUT2D eigenvalue weighted by Gasteiger charge is 2.21. The van der Waals surface area contributed by atoms with Crippen molar-refractivity contribution < 1.29 is 14.3 Å². The number of carbonyl (C=O) groups excluding carboxylic acids is 2. The molecule has 0 aliphatic carbocycles. The SMILES string of the molecule is O=C(CN1CCCC1=O)NCCCOC1CCNCC1. The van der Waals surface area contributed by atoms with Crippen LogP contribution in [0.1, 0.15) is 32.1 Å². The van der Waals surface area contributed by atoms with Gasteiger partial charge >= 0.3 is 0 Å². The highest BCUT2D eigenvalue weighted by atomic mass is 16.5. The molecule has 0 atom stereocenters. The highest BCUT2D eigenvalue weighted by Crippen LogP contribution is 2.08. The summed E-state index contributed by atoms with van der Waals surface area (Å²) >= 11 is 0. The Morgan fingerprint density at radius 3 is 2.90 bits per heavy atom. The Labute approximate surface area is 120 Å². The molecule has 2 rings (SSSR count). The molecule has 2 aliphatic rings. The molecule has 2 amide bonds. The first-order chi connectivity index (χ1) is 9.75. The summed E-state index contributed by atoms with van der Waals surface area (Å²) in [5, 5.41) is 6.14. The maximum absolute atomic E-state index is 11.7. The van der Waals surface area contributed by atoms with E-state index < -0.39 is 0 Å². The maximum atomic E-state index is 11.7. The minimum Gasteiger partial charge on any atom is -0.378 e. The standard InChI is InChI=1S/C14H25N3O3/c18-13(11-17-9-1-3-14(17)19)16-6-2-10-20-12-4-7-15-8-5-12/h12,15H,1-11H2,(H,16,18). The van der Waals surface area contributed by atoms with Crippen molar-refractivity contribution in [1.82, 2.24) is 15.5 Å². The van der Waals surface area contributed by atoms with Gasteiger partial charge in [-0.1, -0.05) is 0 Å². The Hall–Kier alpha value is -1.14. The molecule has 0 bridgehead atoms. The van der Waals surface area contributed by atoms with Crippen LogP contribution in [0.5, 0.6) is 0 Å². The first kappa shape index (κ1) is 15.3. The van der Waals surface area contributed by atoms with Gasteiger partial charge in [-0.2, -0.15) is 0 Å². The summed E-state index contributed by atoms with van der Waals surface area (Å²) in [6.07, 6.45) is 4.79. The molecule has 2 fully saturated rings. The van der Waals surface area contributed by atoms with Gasteiger partial charge in [0.25, 0.3) is 0 Å². The molecule has 0 aromatic heterocycles. The second kappa shape index (κ2) is 8.21. The molecule has 2 saturated heterocycles. The average molecular weight is 283 g/mol. The van der Waals surface area contributed by atoms with E-state index in [1.807, 2.05) is 0 Å². The van der Waals surface area contributed by atoms with E-state index in [1.165, 1.54) is 0 Å². The molecular formula is C14H25N3O3. The van der Waals surface area contributed by atoms with Crippen molar-refractivity contribution in [2.24, 2.45) is 0 Å². The van der Waals surface area contributed by atoms with Crippen LogP contribution in [0, 0.1) is 0 Å². The van der Waals surface area contributed by atoms with Gasteiger partial charge < -0.3 is 20.3 Å². The molecule has 6 nitrogen and oxygen atoms in total. The number of nitrogens with one attached hydrogen (secondary N) is 2. The third-order valence-corrected chi connectivity index (χ3v) is 3.79. The molecule has 0 spiro atoms. The molecule has 20 heavy (non-hydrogen) atoms. The minimum atomic E-state index is -0.0675. The summed E-state index contributed by atoms with van der Waals surface area (Å²) in [6.45, 7) is 4.29. The lowest BCUT2D eigenvalue weighted by Crippen LogP contribution is -2.38. The van der Waals surface area contributed by atoms with E-state index in [0.29, 0.717) is 32.2 Å². The van der Waals surface area contributed by atoms with Crippen molar-refractivity contribution in [2.45, 2.75) is 38.2 Å². The van der Waals surface area contributed by atoms with Crippen LogP contribution in [0.15, 0.2) is 0 Å². The lowest BCUT2D eigenvalue weighted by molar-refractivity contribution is -0.133. The number of carbonyl (C=O) groups is 2. The molecule has 0 aromatic carbocycles. The van der Waals surface area contributed by atoms with Crippen LogP contribution in [-0.2, 0) is 14.3 Å². The molecule has 6 heteroatoms. The van der Waals surface area contributed by atoms with Gasteiger partial charge in [0.15, 0.2) is 0 Å². The fourth-order valence-electron chi connectivity index (χ4n) is 2.61. The predicted octanol–water partition coefficient (Wildman–Crippen LogP) is -0.116. The van der Waals surface area contributed by atoms with Crippen molar-refractivity contribution in [3.63, 3.8) is 0 Å². The lowest BCUT2D eigenvalue weighted by atomic mass is 10.1. The number of rotatable bonds is 7. The van der Waals surface area contributed by atoms with E-state index in [1.54, 1.807) is 4.90 Å². The van der Waals surface area contributed by atoms with Gasteiger partial charge in [-0.25, -0.2) is 0 Å². The summed E-state index contributed by atoms with van der Waals surface area (Å²) in [5.74, 6) is 0.0245. The quantitative estimate of drug-likeness (QED) is 0.639. The number of likely N-dealkylation sites (tertiary alicyclic amines) is 1. The monoisotopic (exact) mass is 283 g/mol. The molecule has 2 heterocycles. The lowest BCUT2D eigenvalue weighted by Gasteiger charge is -2.23. The summed E-state index contributed by atoms with van der Waals surface area (Å²) in [4.78, 5) is 24.7. The van der Waals surface area contributed by atoms with Crippen LogP contribution in [0.3, 0.4) is 0 Å². The van der Waals surface area contributed by atoms with Crippen LogP contribution in [0.4, 0.5) is 0 Å². The molecule has 0 aromatic rings. The van der Waals surface area contributed by atoms with Gasteiger partial charge in [0.05, 0.1) is 12.6 Å². The second-order valence-electron chi connectivity index (χ2n) is 5.44. The maximum Gasteiger partial charge on any atom is 0.239 e. The van der Waals surface area contributed by atoms with E-state index >= 15 is 0 Å². The zero-order valence-electron chi connectivity index (χ0n) is 12.0. The van der Waals surface area contributed by atoms with Crippen LogP contribution in [0.25, 0.3) is 0 Å². The molecule has 0 unspecified atom stereocenters. The fraction of sp³-hybridized carbons (Fsp3) is 0.857. The number of hydrogen-bond acceptors (Lipinski definition) is 4. The van der Waals surface area contributed by atoms with Crippen LogP contribution in [-0.4, -0.2) is 62.1 Å². The summed E-state index contributed by atoms with van der Waals surface area (Å²) in [5.41, 5.74) is 0. The smallest absolute Gasteiger partial charge is 0.239 e. The van der Waals surface area contributed by atoms with Crippen molar-refractivity contribution in [3.05, 3.63) is 0 Å². The number of nitrogens with zero attached hydrogens (tertiary/aromatic N) is 1. The zero-order chi connectivity index (χ0) is 14.2. The largest absolute Gasteiger partial charge is 0.378 e. The Kier molecular flexibility index (Phi) is 6.26.